The summed E-state index contributed by atoms with van der Waals surface area (Å²) in [5.41, 5.74) is 0.753. The molecule has 128 valence electrons. The molecule has 1 heterocycles. The molecule has 0 amide bonds. The lowest BCUT2D eigenvalue weighted by atomic mass is 9.69. The molecule has 1 aliphatic carbocycles. The smallest absolute Gasteiger partial charge is 0.137 e. The third kappa shape index (κ3) is 2.77. The summed E-state index contributed by atoms with van der Waals surface area (Å²) in [5, 5.41) is 15.9. The molecule has 1 fully saturated rings. The lowest BCUT2D eigenvalue weighted by Gasteiger charge is -2.42. The van der Waals surface area contributed by atoms with Crippen molar-refractivity contribution in [2.75, 3.05) is 0 Å². The molecule has 5 heteroatoms. The lowest BCUT2D eigenvalue weighted by molar-refractivity contribution is -0.0547. The van der Waals surface area contributed by atoms with Gasteiger partial charge < -0.3 is 5.11 Å². The molecule has 1 saturated carbocycles. The van der Waals surface area contributed by atoms with Crippen LogP contribution in [0.15, 0.2) is 42.5 Å². The summed E-state index contributed by atoms with van der Waals surface area (Å²) in [5.74, 6) is -0.252. The molecule has 0 spiro atoms. The normalized spacial score (nSPS) is 24.6. The first kappa shape index (κ1) is 16.8. The van der Waals surface area contributed by atoms with Gasteiger partial charge in [0, 0.05) is 5.41 Å². The van der Waals surface area contributed by atoms with Crippen LogP contribution in [0.3, 0.4) is 0 Å². The number of nitrogens with zero attached hydrogens (tertiary/aromatic N) is 3. The van der Waals surface area contributed by atoms with Crippen molar-refractivity contribution < 1.29 is 9.50 Å². The number of hydrogen-bond acceptors (Lipinski definition) is 3. The second-order valence-corrected chi connectivity index (χ2v) is 6.66. The van der Waals surface area contributed by atoms with Crippen molar-refractivity contribution in [3.8, 4) is 0 Å². The summed E-state index contributed by atoms with van der Waals surface area (Å²) in [6.07, 6.45) is 8.71. The number of rotatable bonds is 5. The molecule has 2 aromatic rings. The summed E-state index contributed by atoms with van der Waals surface area (Å²) in [6, 6.07) is 6.39. The van der Waals surface area contributed by atoms with Gasteiger partial charge in [-0.25, -0.2) is 14.1 Å². The molecule has 1 aliphatic rings. The molecular formula is C19H24FN3O. The van der Waals surface area contributed by atoms with Gasteiger partial charge in [-0.15, -0.1) is 0 Å². The number of aliphatic hydroxyl groups is 1. The first-order valence-electron chi connectivity index (χ1n) is 8.54. The summed E-state index contributed by atoms with van der Waals surface area (Å²) in [4.78, 5) is 3.99. The van der Waals surface area contributed by atoms with Gasteiger partial charge in [-0.2, -0.15) is 5.10 Å². The monoisotopic (exact) mass is 329 g/mol. The van der Waals surface area contributed by atoms with E-state index < -0.39 is 5.60 Å². The molecule has 0 saturated heterocycles. The SMILES string of the molecule is CCC1(CC)CCC(=Cc2ccc(F)cc2)C1(O)Cn1cncn1. The predicted octanol–water partition coefficient (Wildman–Crippen LogP) is 3.83. The maximum absolute atomic E-state index is 13.1. The van der Waals surface area contributed by atoms with Crippen molar-refractivity contribution >= 4 is 6.08 Å². The highest BCUT2D eigenvalue weighted by Crippen LogP contribution is 2.55. The Hall–Kier alpha value is -2.01. The second kappa shape index (κ2) is 6.48. The molecule has 1 atom stereocenters. The third-order valence-corrected chi connectivity index (χ3v) is 5.70. The van der Waals surface area contributed by atoms with Gasteiger partial charge in [0.05, 0.1) is 6.54 Å². The largest absolute Gasteiger partial charge is 0.383 e. The van der Waals surface area contributed by atoms with E-state index in [2.05, 4.69) is 23.9 Å². The zero-order chi connectivity index (χ0) is 17.2. The highest BCUT2D eigenvalue weighted by atomic mass is 19.1. The second-order valence-electron chi connectivity index (χ2n) is 6.66. The van der Waals surface area contributed by atoms with E-state index in [0.29, 0.717) is 6.54 Å². The Labute approximate surface area is 142 Å². The average Bonchev–Trinajstić information content (AvgIpc) is 3.17. The van der Waals surface area contributed by atoms with Crippen LogP contribution in [0.4, 0.5) is 4.39 Å². The van der Waals surface area contributed by atoms with Gasteiger partial charge in [-0.05, 0) is 49.0 Å². The van der Waals surface area contributed by atoms with Gasteiger partial charge in [-0.3, -0.25) is 0 Å². The fourth-order valence-corrected chi connectivity index (χ4v) is 4.09. The predicted molar refractivity (Wildman–Crippen MR) is 91.6 cm³/mol. The summed E-state index contributed by atoms with van der Waals surface area (Å²) in [7, 11) is 0. The van der Waals surface area contributed by atoms with E-state index in [1.807, 2.05) is 6.08 Å². The van der Waals surface area contributed by atoms with Crippen LogP contribution in [0.5, 0.6) is 0 Å². The van der Waals surface area contributed by atoms with E-state index in [4.69, 9.17) is 0 Å². The number of halogens is 1. The topological polar surface area (TPSA) is 50.9 Å². The maximum Gasteiger partial charge on any atom is 0.137 e. The molecule has 0 aliphatic heterocycles. The van der Waals surface area contributed by atoms with E-state index in [1.165, 1.54) is 18.5 Å². The van der Waals surface area contributed by atoms with Crippen LogP contribution in [-0.4, -0.2) is 25.5 Å². The Balaban J connectivity index is 2.02. The molecule has 0 bridgehead atoms. The molecule has 1 aromatic heterocycles. The molecule has 0 radical (unpaired) electrons. The molecule has 4 nitrogen and oxygen atoms in total. The van der Waals surface area contributed by atoms with Gasteiger partial charge in [0.2, 0.25) is 0 Å². The zero-order valence-electron chi connectivity index (χ0n) is 14.2. The summed E-state index contributed by atoms with van der Waals surface area (Å²) >= 11 is 0. The van der Waals surface area contributed by atoms with E-state index in [1.54, 1.807) is 23.1 Å². The van der Waals surface area contributed by atoms with Gasteiger partial charge in [-0.1, -0.05) is 32.1 Å². The highest BCUT2D eigenvalue weighted by Gasteiger charge is 2.54. The quantitative estimate of drug-likeness (QED) is 0.907. The molecule has 24 heavy (non-hydrogen) atoms. The molecular weight excluding hydrogens is 305 g/mol. The fourth-order valence-electron chi connectivity index (χ4n) is 4.09. The maximum atomic E-state index is 13.1. The number of hydrogen-bond donors (Lipinski definition) is 1. The van der Waals surface area contributed by atoms with Crippen LogP contribution in [0.25, 0.3) is 6.08 Å². The fraction of sp³-hybridized carbons (Fsp3) is 0.474. The third-order valence-electron chi connectivity index (χ3n) is 5.70. The van der Waals surface area contributed by atoms with Crippen LogP contribution in [-0.2, 0) is 6.54 Å². The van der Waals surface area contributed by atoms with E-state index in [0.717, 1.165) is 36.8 Å². The zero-order valence-corrected chi connectivity index (χ0v) is 14.2. The minimum atomic E-state index is -0.974. The Morgan fingerprint density at radius 2 is 1.96 bits per heavy atom. The number of benzene rings is 1. The lowest BCUT2D eigenvalue weighted by Crippen LogP contribution is -2.48. The first-order chi connectivity index (χ1) is 11.5. The van der Waals surface area contributed by atoms with Crippen molar-refractivity contribution in [1.82, 2.24) is 14.8 Å². The van der Waals surface area contributed by atoms with E-state index >= 15 is 0 Å². The van der Waals surface area contributed by atoms with Crippen LogP contribution in [0.2, 0.25) is 0 Å². The Morgan fingerprint density at radius 3 is 2.54 bits per heavy atom. The minimum absolute atomic E-state index is 0.176. The highest BCUT2D eigenvalue weighted by molar-refractivity contribution is 5.57. The van der Waals surface area contributed by atoms with Gasteiger partial charge in [0.15, 0.2) is 0 Å². The van der Waals surface area contributed by atoms with Gasteiger partial charge >= 0.3 is 0 Å². The van der Waals surface area contributed by atoms with Crippen molar-refractivity contribution in [2.24, 2.45) is 5.41 Å². The summed E-state index contributed by atoms with van der Waals surface area (Å²) in [6.45, 7) is 4.66. The standard InChI is InChI=1S/C19H24FN3O/c1-3-18(4-2)10-9-16(11-15-5-7-17(20)8-6-15)19(18,24)12-23-14-21-13-22-23/h5-8,11,13-14,24H,3-4,9-10,12H2,1-2H3. The molecule has 3 rings (SSSR count). The van der Waals surface area contributed by atoms with Crippen molar-refractivity contribution in [3.63, 3.8) is 0 Å². The van der Waals surface area contributed by atoms with Crippen LogP contribution < -0.4 is 0 Å². The summed E-state index contributed by atoms with van der Waals surface area (Å²) < 4.78 is 14.8. The molecule has 1 aromatic carbocycles. The first-order valence-corrected chi connectivity index (χ1v) is 8.54. The van der Waals surface area contributed by atoms with Crippen molar-refractivity contribution in [1.29, 1.82) is 0 Å². The Morgan fingerprint density at radius 1 is 1.25 bits per heavy atom. The minimum Gasteiger partial charge on any atom is -0.383 e. The van der Waals surface area contributed by atoms with Crippen molar-refractivity contribution in [2.45, 2.75) is 51.7 Å². The van der Waals surface area contributed by atoms with E-state index in [9.17, 15) is 9.50 Å². The van der Waals surface area contributed by atoms with Crippen molar-refractivity contribution in [3.05, 3.63) is 53.9 Å². The van der Waals surface area contributed by atoms with Crippen LogP contribution >= 0.6 is 0 Å². The van der Waals surface area contributed by atoms with E-state index in [-0.39, 0.29) is 11.2 Å². The molecule has 1 N–H and O–H groups in total. The Bertz CT molecular complexity index is 705. The molecule has 1 unspecified atom stereocenters. The number of aromatic nitrogens is 3. The van der Waals surface area contributed by atoms with Crippen LogP contribution in [0.1, 0.15) is 45.1 Å². The van der Waals surface area contributed by atoms with Gasteiger partial charge in [0.1, 0.15) is 24.1 Å². The van der Waals surface area contributed by atoms with Crippen LogP contribution in [0, 0.1) is 11.2 Å². The average molecular weight is 329 g/mol. The van der Waals surface area contributed by atoms with Gasteiger partial charge in [0.25, 0.3) is 0 Å². The Kier molecular flexibility index (Phi) is 4.54.